The number of rotatable bonds is 3. The Balaban J connectivity index is 2.27. The van der Waals surface area contributed by atoms with Crippen LogP contribution in [0.2, 0.25) is 0 Å². The van der Waals surface area contributed by atoms with E-state index in [9.17, 15) is 9.59 Å². The van der Waals surface area contributed by atoms with Gasteiger partial charge in [-0.25, -0.2) is 0 Å². The molecule has 2 aliphatic rings. The lowest BCUT2D eigenvalue weighted by atomic mass is 9.76. The van der Waals surface area contributed by atoms with Crippen molar-refractivity contribution in [3.8, 4) is 0 Å². The number of carboxylic acids is 1. The molecule has 0 aliphatic heterocycles. The highest BCUT2D eigenvalue weighted by Gasteiger charge is 2.49. The first-order chi connectivity index (χ1) is 6.18. The molecule has 0 spiro atoms. The van der Waals surface area contributed by atoms with Crippen LogP contribution in [0.1, 0.15) is 19.3 Å². The molecule has 2 aliphatic carbocycles. The lowest BCUT2D eigenvalue weighted by Gasteiger charge is -2.26. The van der Waals surface area contributed by atoms with E-state index in [1.807, 2.05) is 6.08 Å². The summed E-state index contributed by atoms with van der Waals surface area (Å²) in [6, 6.07) is 0. The van der Waals surface area contributed by atoms with Gasteiger partial charge in [0.25, 0.3) is 0 Å². The van der Waals surface area contributed by atoms with Crippen molar-refractivity contribution in [3.05, 3.63) is 12.2 Å². The van der Waals surface area contributed by atoms with E-state index in [0.717, 1.165) is 19.3 Å². The van der Waals surface area contributed by atoms with Crippen molar-refractivity contribution in [2.24, 2.45) is 17.3 Å². The molecule has 3 atom stereocenters. The van der Waals surface area contributed by atoms with Crippen LogP contribution >= 0.6 is 0 Å². The summed E-state index contributed by atoms with van der Waals surface area (Å²) < 4.78 is 0. The summed E-state index contributed by atoms with van der Waals surface area (Å²) in [5, 5.41) is 8.88. The largest absolute Gasteiger partial charge is 0.481 e. The number of carbonyl (C=O) groups is 2. The van der Waals surface area contributed by atoms with Crippen LogP contribution in [0.15, 0.2) is 12.2 Å². The molecule has 3 nitrogen and oxygen atoms in total. The maximum absolute atomic E-state index is 10.8. The van der Waals surface area contributed by atoms with Crippen LogP contribution in [-0.2, 0) is 9.59 Å². The Morgan fingerprint density at radius 1 is 1.69 bits per heavy atom. The number of hydrogen-bond donors (Lipinski definition) is 1. The van der Waals surface area contributed by atoms with E-state index in [1.54, 1.807) is 0 Å². The van der Waals surface area contributed by atoms with Crippen LogP contribution in [0.3, 0.4) is 0 Å². The predicted octanol–water partition coefficient (Wildman–Crippen LogP) is 1.24. The van der Waals surface area contributed by atoms with E-state index < -0.39 is 11.9 Å². The molecule has 13 heavy (non-hydrogen) atoms. The number of fused-ring (bicyclic) bond motifs is 2. The zero-order valence-electron chi connectivity index (χ0n) is 7.27. The van der Waals surface area contributed by atoms with Gasteiger partial charge in [-0.1, -0.05) is 12.2 Å². The molecule has 0 aromatic heterocycles. The van der Waals surface area contributed by atoms with E-state index in [4.69, 9.17) is 5.11 Å². The van der Waals surface area contributed by atoms with Gasteiger partial charge in [-0.05, 0) is 25.2 Å². The number of hydrogen-bond acceptors (Lipinski definition) is 2. The molecule has 0 heterocycles. The Bertz CT molecular complexity index is 282. The molecular weight excluding hydrogens is 168 g/mol. The van der Waals surface area contributed by atoms with Crippen molar-refractivity contribution in [2.45, 2.75) is 19.3 Å². The zero-order valence-corrected chi connectivity index (χ0v) is 7.27. The number of carbonyl (C=O) groups excluding carboxylic acids is 1. The fraction of sp³-hybridized carbons (Fsp3) is 0.600. The lowest BCUT2D eigenvalue weighted by Crippen LogP contribution is -2.32. The standard InChI is InChI=1S/C10H12O3/c11-6-8(9(12)13)10-3-1-7(5-10)2-4-10/h1,3,6-8H,2,4-5H2,(H,12,13). The predicted molar refractivity (Wildman–Crippen MR) is 46.1 cm³/mol. The average Bonchev–Trinajstić information content (AvgIpc) is 2.64. The summed E-state index contributed by atoms with van der Waals surface area (Å²) in [6.45, 7) is 0. The summed E-state index contributed by atoms with van der Waals surface area (Å²) in [5.41, 5.74) is -0.349. The Morgan fingerprint density at radius 3 is 2.77 bits per heavy atom. The number of allylic oxidation sites excluding steroid dienone is 2. The highest BCUT2D eigenvalue weighted by atomic mass is 16.4. The van der Waals surface area contributed by atoms with Crippen molar-refractivity contribution in [3.63, 3.8) is 0 Å². The van der Waals surface area contributed by atoms with E-state index in [-0.39, 0.29) is 5.41 Å². The molecule has 2 rings (SSSR count). The second-order valence-electron chi connectivity index (χ2n) is 4.05. The van der Waals surface area contributed by atoms with Gasteiger partial charge in [-0.3, -0.25) is 4.79 Å². The molecule has 0 saturated heterocycles. The van der Waals surface area contributed by atoms with E-state index in [2.05, 4.69) is 6.08 Å². The molecule has 1 saturated carbocycles. The van der Waals surface area contributed by atoms with Gasteiger partial charge in [-0.2, -0.15) is 0 Å². The third kappa shape index (κ3) is 1.10. The van der Waals surface area contributed by atoms with Crippen LogP contribution in [0.4, 0.5) is 0 Å². The van der Waals surface area contributed by atoms with Crippen molar-refractivity contribution in [1.82, 2.24) is 0 Å². The molecule has 2 bridgehead atoms. The van der Waals surface area contributed by atoms with Gasteiger partial charge < -0.3 is 9.90 Å². The fourth-order valence-corrected chi connectivity index (χ4v) is 2.62. The first-order valence-corrected chi connectivity index (χ1v) is 4.55. The minimum Gasteiger partial charge on any atom is -0.481 e. The highest BCUT2D eigenvalue weighted by Crippen LogP contribution is 2.53. The first-order valence-electron chi connectivity index (χ1n) is 4.55. The summed E-state index contributed by atoms with van der Waals surface area (Å²) in [5.74, 6) is -1.31. The molecule has 3 unspecified atom stereocenters. The second kappa shape index (κ2) is 2.69. The minimum atomic E-state index is -0.984. The molecule has 0 amide bonds. The second-order valence-corrected chi connectivity index (χ2v) is 4.05. The zero-order chi connectivity index (χ0) is 9.47. The Kier molecular flexibility index (Phi) is 1.75. The van der Waals surface area contributed by atoms with E-state index in [1.165, 1.54) is 0 Å². The Hall–Kier alpha value is -1.12. The molecule has 1 N–H and O–H groups in total. The Labute approximate surface area is 76.4 Å². The lowest BCUT2D eigenvalue weighted by molar-refractivity contribution is -0.147. The van der Waals surface area contributed by atoms with Crippen molar-refractivity contribution in [1.29, 1.82) is 0 Å². The summed E-state index contributed by atoms with van der Waals surface area (Å²) in [7, 11) is 0. The van der Waals surface area contributed by atoms with Crippen molar-refractivity contribution in [2.75, 3.05) is 0 Å². The molecule has 0 radical (unpaired) electrons. The Morgan fingerprint density at radius 2 is 2.46 bits per heavy atom. The van der Waals surface area contributed by atoms with Crippen LogP contribution in [0, 0.1) is 17.3 Å². The quantitative estimate of drug-likeness (QED) is 0.404. The van der Waals surface area contributed by atoms with Crippen LogP contribution in [0.5, 0.6) is 0 Å². The van der Waals surface area contributed by atoms with Gasteiger partial charge >= 0.3 is 5.97 Å². The van der Waals surface area contributed by atoms with Crippen molar-refractivity contribution >= 4 is 12.3 Å². The molecule has 3 heteroatoms. The maximum atomic E-state index is 10.8. The maximum Gasteiger partial charge on any atom is 0.314 e. The first kappa shape index (κ1) is 8.48. The topological polar surface area (TPSA) is 54.4 Å². The van der Waals surface area contributed by atoms with Gasteiger partial charge in [0.2, 0.25) is 0 Å². The van der Waals surface area contributed by atoms with E-state index >= 15 is 0 Å². The summed E-state index contributed by atoms with van der Waals surface area (Å²) >= 11 is 0. The van der Waals surface area contributed by atoms with Gasteiger partial charge in [0.15, 0.2) is 0 Å². The average molecular weight is 180 g/mol. The third-order valence-electron chi connectivity index (χ3n) is 3.34. The molecular formula is C10H12O3. The van der Waals surface area contributed by atoms with Crippen LogP contribution in [0.25, 0.3) is 0 Å². The van der Waals surface area contributed by atoms with Gasteiger partial charge in [0.1, 0.15) is 12.2 Å². The van der Waals surface area contributed by atoms with Gasteiger partial charge in [0, 0.05) is 5.41 Å². The molecule has 1 fully saturated rings. The monoisotopic (exact) mass is 180 g/mol. The SMILES string of the molecule is O=CC(C(=O)O)C12C=CC(CC1)C2. The minimum absolute atomic E-state index is 0.349. The number of aliphatic carboxylic acids is 1. The smallest absolute Gasteiger partial charge is 0.314 e. The van der Waals surface area contributed by atoms with Crippen LogP contribution in [-0.4, -0.2) is 17.4 Å². The van der Waals surface area contributed by atoms with Gasteiger partial charge in [0.05, 0.1) is 0 Å². The van der Waals surface area contributed by atoms with Gasteiger partial charge in [-0.15, -0.1) is 0 Å². The molecule has 0 aromatic carbocycles. The third-order valence-corrected chi connectivity index (χ3v) is 3.34. The molecule has 70 valence electrons. The summed E-state index contributed by atoms with van der Waals surface area (Å²) in [6.07, 6.45) is 7.32. The highest BCUT2D eigenvalue weighted by molar-refractivity contribution is 5.88. The summed E-state index contributed by atoms with van der Waals surface area (Å²) in [4.78, 5) is 21.5. The van der Waals surface area contributed by atoms with E-state index in [0.29, 0.717) is 12.2 Å². The van der Waals surface area contributed by atoms with Crippen LogP contribution < -0.4 is 0 Å². The molecule has 0 aromatic rings. The number of carboxylic acid groups (broad SMARTS) is 1. The van der Waals surface area contributed by atoms with Crippen molar-refractivity contribution < 1.29 is 14.7 Å². The fourth-order valence-electron chi connectivity index (χ4n) is 2.62. The normalized spacial score (nSPS) is 37.7. The number of aldehydes is 1.